The summed E-state index contributed by atoms with van der Waals surface area (Å²) >= 11 is 0. The number of aliphatic hydroxyl groups excluding tert-OH is 1. The van der Waals surface area contributed by atoms with Crippen molar-refractivity contribution in [1.29, 1.82) is 0 Å². The molecule has 0 radical (unpaired) electrons. The first-order chi connectivity index (χ1) is 47.7. The number of carbonyl (C=O) groups is 4. The van der Waals surface area contributed by atoms with Crippen LogP contribution in [0, 0.1) is 0 Å². The van der Waals surface area contributed by atoms with Crippen LogP contribution in [0.1, 0.15) is 349 Å². The molecule has 98 heavy (non-hydrogen) atoms. The summed E-state index contributed by atoms with van der Waals surface area (Å²) in [7, 11) is -9.96. The fourth-order valence-electron chi connectivity index (χ4n) is 10.6. The van der Waals surface area contributed by atoms with E-state index in [-0.39, 0.29) is 25.7 Å². The van der Waals surface area contributed by atoms with Gasteiger partial charge in [-0.15, -0.1) is 0 Å². The van der Waals surface area contributed by atoms with Crippen molar-refractivity contribution in [1.82, 2.24) is 0 Å². The minimum atomic E-state index is -4.98. The van der Waals surface area contributed by atoms with E-state index in [4.69, 9.17) is 37.0 Å². The molecule has 0 aromatic rings. The second kappa shape index (κ2) is 71.9. The number of allylic oxidation sites excluding steroid dienone is 12. The van der Waals surface area contributed by atoms with Crippen molar-refractivity contribution in [3.63, 3.8) is 0 Å². The van der Waals surface area contributed by atoms with E-state index in [0.29, 0.717) is 32.1 Å². The molecule has 2 unspecified atom stereocenters. The zero-order chi connectivity index (χ0) is 71.8. The van der Waals surface area contributed by atoms with E-state index in [1.54, 1.807) is 0 Å². The Morgan fingerprint density at radius 1 is 0.286 bits per heavy atom. The minimum absolute atomic E-state index is 0.0200. The molecule has 0 heterocycles. The Bertz CT molecular complexity index is 2140. The van der Waals surface area contributed by atoms with Crippen LogP contribution in [0.25, 0.3) is 0 Å². The third kappa shape index (κ3) is 70.9. The SMILES string of the molecule is CCCCC/C=C\C/C=C\C/C=C\C/C=C\CCCC(=O)O[C@H](COC(=O)CCCCCCC/C=C\CCCCCC)COP(=O)(O)OC[C@H](O)COP(=O)(O)OC[C@@H](COC(=O)CCCCCCC/C=C\CCCCCCCC)OC(=O)CCCCCCCCCCCCCCC. The average molecular weight is 1430 g/mol. The quantitative estimate of drug-likeness (QED) is 0.0169. The molecule has 3 N–H and O–H groups in total. The molecule has 0 aromatic heterocycles. The van der Waals surface area contributed by atoms with E-state index in [1.165, 1.54) is 135 Å². The van der Waals surface area contributed by atoms with Crippen LogP contribution in [0.3, 0.4) is 0 Å². The van der Waals surface area contributed by atoms with Gasteiger partial charge in [0.15, 0.2) is 12.2 Å². The number of phosphoric ester groups is 2. The van der Waals surface area contributed by atoms with Crippen LogP contribution in [0.5, 0.6) is 0 Å². The molecule has 5 atom stereocenters. The summed E-state index contributed by atoms with van der Waals surface area (Å²) in [5.41, 5.74) is 0. The first-order valence-corrected chi connectivity index (χ1v) is 42.2. The third-order valence-electron chi connectivity index (χ3n) is 16.6. The standard InChI is InChI=1S/C79H142O17P2/c1-5-9-13-17-21-25-29-33-35-36-38-42-46-50-54-58-62-66-79(84)96-75(69-89-76(81)63-59-55-51-47-43-39-31-27-23-19-15-11-7-3)72-94-98(87,88)92-68-73(80)67-91-97(85,86)93-71-74(95-78(83)65-61-57-53-49-45-40-32-28-24-20-16-12-8-4)70-90-77(82)64-60-56-52-48-44-41-37-34-30-26-22-18-14-10-6-2/h21,25,27,31,33-35,37-38,42,50,54,73-75,80H,5-20,22-24,26,28-30,32,36,39-41,43-49,51-53,55-72H2,1-4H3,(H,85,86)(H,87,88)/b25-21-,31-27-,35-33-,37-34-,42-38-,54-50-/t73-,74-,75-/m1/s1. The van der Waals surface area contributed by atoms with Crippen molar-refractivity contribution in [3.8, 4) is 0 Å². The molecule has 570 valence electrons. The lowest BCUT2D eigenvalue weighted by Crippen LogP contribution is -2.30. The maximum Gasteiger partial charge on any atom is 0.472 e. The summed E-state index contributed by atoms with van der Waals surface area (Å²) in [5.74, 6) is -2.23. The normalized spacial score (nSPS) is 14.3. The van der Waals surface area contributed by atoms with Gasteiger partial charge in [-0.25, -0.2) is 9.13 Å². The van der Waals surface area contributed by atoms with Crippen LogP contribution < -0.4 is 0 Å². The highest BCUT2D eigenvalue weighted by Crippen LogP contribution is 2.45. The lowest BCUT2D eigenvalue weighted by molar-refractivity contribution is -0.161. The zero-order valence-corrected chi connectivity index (χ0v) is 64.0. The number of hydrogen-bond acceptors (Lipinski definition) is 15. The van der Waals surface area contributed by atoms with Crippen LogP contribution >= 0.6 is 15.6 Å². The smallest absolute Gasteiger partial charge is 0.462 e. The van der Waals surface area contributed by atoms with Crippen molar-refractivity contribution < 1.29 is 80.2 Å². The van der Waals surface area contributed by atoms with Gasteiger partial charge in [0.2, 0.25) is 0 Å². The highest BCUT2D eigenvalue weighted by Gasteiger charge is 2.30. The number of esters is 4. The van der Waals surface area contributed by atoms with E-state index in [0.717, 1.165) is 128 Å². The topological polar surface area (TPSA) is 237 Å². The number of hydrogen-bond donors (Lipinski definition) is 3. The van der Waals surface area contributed by atoms with Gasteiger partial charge < -0.3 is 33.8 Å². The van der Waals surface area contributed by atoms with Gasteiger partial charge in [-0.05, 0) is 116 Å². The van der Waals surface area contributed by atoms with Gasteiger partial charge in [-0.1, -0.05) is 280 Å². The highest BCUT2D eigenvalue weighted by molar-refractivity contribution is 7.47. The Morgan fingerprint density at radius 2 is 0.510 bits per heavy atom. The molecule has 0 rings (SSSR count). The molecule has 0 aliphatic heterocycles. The van der Waals surface area contributed by atoms with Crippen LogP contribution in [0.2, 0.25) is 0 Å². The van der Waals surface area contributed by atoms with Gasteiger partial charge in [0.05, 0.1) is 26.4 Å². The van der Waals surface area contributed by atoms with Gasteiger partial charge >= 0.3 is 39.5 Å². The van der Waals surface area contributed by atoms with Crippen molar-refractivity contribution in [3.05, 3.63) is 72.9 Å². The van der Waals surface area contributed by atoms with Gasteiger partial charge in [-0.3, -0.25) is 37.3 Å². The third-order valence-corrected chi connectivity index (χ3v) is 18.5. The minimum Gasteiger partial charge on any atom is -0.462 e. The largest absolute Gasteiger partial charge is 0.472 e. The van der Waals surface area contributed by atoms with Gasteiger partial charge in [0.25, 0.3) is 0 Å². The van der Waals surface area contributed by atoms with E-state index in [9.17, 15) is 43.2 Å². The predicted molar refractivity (Wildman–Crippen MR) is 400 cm³/mol. The summed E-state index contributed by atoms with van der Waals surface area (Å²) in [4.78, 5) is 72.8. The van der Waals surface area contributed by atoms with Crippen molar-refractivity contribution in [2.75, 3.05) is 39.6 Å². The first kappa shape index (κ1) is 94.5. The molecular weight excluding hydrogens is 1280 g/mol. The van der Waals surface area contributed by atoms with Crippen molar-refractivity contribution in [2.24, 2.45) is 0 Å². The number of phosphoric acid groups is 2. The molecule has 17 nitrogen and oxygen atoms in total. The number of ether oxygens (including phenoxy) is 4. The Kier molecular flexibility index (Phi) is 69.3. The average Bonchev–Trinajstić information content (AvgIpc) is 1.02. The number of carbonyl (C=O) groups excluding carboxylic acids is 4. The van der Waals surface area contributed by atoms with Gasteiger partial charge in [-0.2, -0.15) is 0 Å². The molecule has 0 amide bonds. The summed E-state index contributed by atoms with van der Waals surface area (Å²) in [5, 5.41) is 10.6. The maximum absolute atomic E-state index is 13.1. The first-order valence-electron chi connectivity index (χ1n) is 39.2. The molecule has 0 spiro atoms. The van der Waals surface area contributed by atoms with Crippen LogP contribution in [-0.2, 0) is 65.4 Å². The molecule has 0 aliphatic carbocycles. The highest BCUT2D eigenvalue weighted by atomic mass is 31.2. The Hall–Kier alpha value is -3.50. The lowest BCUT2D eigenvalue weighted by atomic mass is 10.0. The maximum atomic E-state index is 13.1. The fourth-order valence-corrected chi connectivity index (χ4v) is 12.2. The second-order valence-electron chi connectivity index (χ2n) is 26.3. The molecule has 0 saturated heterocycles. The Morgan fingerprint density at radius 3 is 0.847 bits per heavy atom. The monoisotopic (exact) mass is 1420 g/mol. The zero-order valence-electron chi connectivity index (χ0n) is 62.2. The number of unbranched alkanes of at least 4 members (excludes halogenated alkanes) is 36. The molecule has 19 heteroatoms. The number of rotatable bonds is 74. The Balaban J connectivity index is 5.38. The van der Waals surface area contributed by atoms with E-state index in [2.05, 4.69) is 88.5 Å². The molecule has 0 aromatic carbocycles. The van der Waals surface area contributed by atoms with Crippen LogP contribution in [0.4, 0.5) is 0 Å². The molecule has 0 saturated carbocycles. The summed E-state index contributed by atoms with van der Waals surface area (Å²) < 4.78 is 68.4. The van der Waals surface area contributed by atoms with Gasteiger partial charge in [0.1, 0.15) is 19.3 Å². The summed E-state index contributed by atoms with van der Waals surface area (Å²) in [6.07, 6.45) is 71.8. The predicted octanol–water partition coefficient (Wildman–Crippen LogP) is 22.4. The van der Waals surface area contributed by atoms with Gasteiger partial charge in [0, 0.05) is 25.7 Å². The van der Waals surface area contributed by atoms with E-state index >= 15 is 0 Å². The van der Waals surface area contributed by atoms with E-state index in [1.807, 2.05) is 12.2 Å². The summed E-state index contributed by atoms with van der Waals surface area (Å²) in [6.45, 7) is 4.79. The van der Waals surface area contributed by atoms with Crippen molar-refractivity contribution >= 4 is 39.5 Å². The van der Waals surface area contributed by atoms with Crippen LogP contribution in [-0.4, -0.2) is 96.7 Å². The molecular formula is C79H142O17P2. The fraction of sp³-hybridized carbons (Fsp3) is 0.797. The Labute approximate surface area is 596 Å². The van der Waals surface area contributed by atoms with Crippen LogP contribution in [0.15, 0.2) is 72.9 Å². The molecule has 0 fully saturated rings. The number of aliphatic hydroxyl groups is 1. The second-order valence-corrected chi connectivity index (χ2v) is 29.2. The lowest BCUT2D eigenvalue weighted by Gasteiger charge is -2.21. The molecule has 0 bridgehead atoms. The summed E-state index contributed by atoms with van der Waals surface area (Å²) in [6, 6.07) is 0. The van der Waals surface area contributed by atoms with Crippen molar-refractivity contribution in [2.45, 2.75) is 367 Å². The molecule has 0 aliphatic rings. The van der Waals surface area contributed by atoms with E-state index < -0.39 is 97.5 Å².